The highest BCUT2D eigenvalue weighted by atomic mass is 16.5. The maximum Gasteiger partial charge on any atom is 0.258 e. The lowest BCUT2D eigenvalue weighted by Gasteiger charge is -2.26. The zero-order valence-electron chi connectivity index (χ0n) is 19.0. The minimum Gasteiger partial charge on any atom is -0.497 e. The molecular weight excluding hydrogens is 412 g/mol. The van der Waals surface area contributed by atoms with Crippen LogP contribution in [0.3, 0.4) is 0 Å². The van der Waals surface area contributed by atoms with Crippen molar-refractivity contribution in [2.24, 2.45) is 11.8 Å². The molecule has 9 nitrogen and oxygen atoms in total. The summed E-state index contributed by atoms with van der Waals surface area (Å²) in [5.41, 5.74) is -0.430. The van der Waals surface area contributed by atoms with Crippen LogP contribution in [0.15, 0.2) is 28.8 Å². The van der Waals surface area contributed by atoms with E-state index in [-0.39, 0.29) is 36.3 Å². The first kappa shape index (κ1) is 22.1. The zero-order chi connectivity index (χ0) is 22.9. The smallest absolute Gasteiger partial charge is 0.258 e. The van der Waals surface area contributed by atoms with Crippen molar-refractivity contribution in [3.05, 3.63) is 36.0 Å². The van der Waals surface area contributed by atoms with Crippen LogP contribution < -0.4 is 14.8 Å². The summed E-state index contributed by atoms with van der Waals surface area (Å²) in [6.07, 6.45) is 1.40. The Balaban J connectivity index is 1.40. The quantitative estimate of drug-likeness (QED) is 0.700. The summed E-state index contributed by atoms with van der Waals surface area (Å²) in [4.78, 5) is 31.6. The molecule has 2 amide bonds. The molecule has 4 rings (SSSR count). The number of rotatable bonds is 7. The average molecular weight is 443 g/mol. The van der Waals surface area contributed by atoms with Crippen LogP contribution in [-0.2, 0) is 15.0 Å². The summed E-state index contributed by atoms with van der Waals surface area (Å²) >= 11 is 0. The molecule has 0 unspecified atom stereocenters. The molecule has 0 bridgehead atoms. The number of aryl methyl sites for hydroxylation is 1. The first-order valence-electron chi connectivity index (χ1n) is 11.0. The summed E-state index contributed by atoms with van der Waals surface area (Å²) in [7, 11) is 1.60. The van der Waals surface area contributed by atoms with E-state index in [1.54, 1.807) is 38.3 Å². The van der Waals surface area contributed by atoms with Crippen LogP contribution >= 0.6 is 0 Å². The van der Waals surface area contributed by atoms with Gasteiger partial charge in [0.05, 0.1) is 12.5 Å². The molecule has 0 spiro atoms. The summed E-state index contributed by atoms with van der Waals surface area (Å²) in [5, 5.41) is 7.06. The molecule has 1 aromatic carbocycles. The molecule has 1 aliphatic carbocycles. The predicted molar refractivity (Wildman–Crippen MR) is 115 cm³/mol. The Kier molecular flexibility index (Phi) is 6.08. The van der Waals surface area contributed by atoms with Crippen molar-refractivity contribution < 1.29 is 23.6 Å². The molecule has 3 atom stereocenters. The van der Waals surface area contributed by atoms with Crippen LogP contribution in [0.2, 0.25) is 0 Å². The number of nitrogens with zero attached hydrogens (tertiary/aromatic N) is 3. The maximum atomic E-state index is 12.6. The molecule has 2 fully saturated rings. The third-order valence-electron chi connectivity index (χ3n) is 6.43. The number of ether oxygens (including phenoxy) is 2. The SMILES string of the molecule is COc1ccc(OCC(=O)N[C@@H]2C[C@H]3CN(C(=O)C(C)C)C[C@@]3(c3nc(C)no3)C2)cc1. The van der Waals surface area contributed by atoms with E-state index >= 15 is 0 Å². The van der Waals surface area contributed by atoms with Gasteiger partial charge in [0.2, 0.25) is 11.8 Å². The van der Waals surface area contributed by atoms with Crippen LogP contribution in [-0.4, -0.2) is 59.7 Å². The molecular formula is C23H30N4O5. The van der Waals surface area contributed by atoms with E-state index in [4.69, 9.17) is 14.0 Å². The lowest BCUT2D eigenvalue weighted by molar-refractivity contribution is -0.134. The molecule has 32 heavy (non-hydrogen) atoms. The van der Waals surface area contributed by atoms with Gasteiger partial charge in [-0.2, -0.15) is 4.98 Å². The molecule has 172 valence electrons. The maximum absolute atomic E-state index is 12.6. The van der Waals surface area contributed by atoms with Gasteiger partial charge in [-0.1, -0.05) is 19.0 Å². The van der Waals surface area contributed by atoms with Crippen LogP contribution in [0, 0.1) is 18.8 Å². The highest BCUT2D eigenvalue weighted by Crippen LogP contribution is 2.50. The van der Waals surface area contributed by atoms with Crippen LogP contribution in [0.1, 0.15) is 38.4 Å². The van der Waals surface area contributed by atoms with Crippen LogP contribution in [0.25, 0.3) is 0 Å². The van der Waals surface area contributed by atoms with Crippen LogP contribution in [0.5, 0.6) is 11.5 Å². The van der Waals surface area contributed by atoms with Crippen LogP contribution in [0.4, 0.5) is 0 Å². The predicted octanol–water partition coefficient (Wildman–Crippen LogP) is 2.10. The first-order chi connectivity index (χ1) is 15.3. The van der Waals surface area contributed by atoms with Gasteiger partial charge in [0.25, 0.3) is 5.91 Å². The van der Waals surface area contributed by atoms with Gasteiger partial charge in [-0.05, 0) is 49.9 Å². The number of benzene rings is 1. The van der Waals surface area contributed by atoms with E-state index in [2.05, 4.69) is 15.5 Å². The number of methoxy groups -OCH3 is 1. The van der Waals surface area contributed by atoms with Crippen molar-refractivity contribution >= 4 is 11.8 Å². The minimum atomic E-state index is -0.430. The highest BCUT2D eigenvalue weighted by molar-refractivity contribution is 5.79. The topological polar surface area (TPSA) is 107 Å². The molecule has 9 heteroatoms. The van der Waals surface area contributed by atoms with E-state index in [1.807, 2.05) is 18.7 Å². The van der Waals surface area contributed by atoms with Crippen molar-refractivity contribution in [2.45, 2.75) is 45.1 Å². The van der Waals surface area contributed by atoms with E-state index in [0.29, 0.717) is 37.0 Å². The Morgan fingerprint density at radius 1 is 1.28 bits per heavy atom. The Hall–Kier alpha value is -3.10. The molecule has 2 aromatic rings. The number of nitrogens with one attached hydrogen (secondary N) is 1. The number of aromatic nitrogens is 2. The Morgan fingerprint density at radius 3 is 2.62 bits per heavy atom. The van der Waals surface area contributed by atoms with E-state index in [1.165, 1.54) is 0 Å². The minimum absolute atomic E-state index is 0.0459. The van der Waals surface area contributed by atoms with Gasteiger partial charge in [0.1, 0.15) is 11.5 Å². The van der Waals surface area contributed by atoms with Gasteiger partial charge in [-0.15, -0.1) is 0 Å². The molecule has 1 saturated carbocycles. The third-order valence-corrected chi connectivity index (χ3v) is 6.43. The van der Waals surface area contributed by atoms with Gasteiger partial charge in [-0.3, -0.25) is 9.59 Å². The zero-order valence-corrected chi connectivity index (χ0v) is 19.0. The number of likely N-dealkylation sites (tertiary alicyclic amines) is 1. The number of amides is 2. The average Bonchev–Trinajstić information content (AvgIpc) is 3.44. The van der Waals surface area contributed by atoms with Gasteiger partial charge in [0, 0.05) is 25.0 Å². The number of hydrogen-bond acceptors (Lipinski definition) is 7. The number of carbonyl (C=O) groups is 2. The van der Waals surface area contributed by atoms with Gasteiger partial charge >= 0.3 is 0 Å². The first-order valence-corrected chi connectivity index (χ1v) is 11.0. The highest BCUT2D eigenvalue weighted by Gasteiger charge is 2.58. The normalized spacial score (nSPS) is 24.5. The summed E-state index contributed by atoms with van der Waals surface area (Å²) in [6.45, 7) is 6.70. The Labute approximate surface area is 187 Å². The lowest BCUT2D eigenvalue weighted by atomic mass is 9.80. The summed E-state index contributed by atoms with van der Waals surface area (Å²) in [5.74, 6) is 2.49. The van der Waals surface area contributed by atoms with E-state index in [0.717, 1.165) is 12.2 Å². The molecule has 1 saturated heterocycles. The Bertz CT molecular complexity index is 973. The molecule has 0 radical (unpaired) electrons. The summed E-state index contributed by atoms with van der Waals surface area (Å²) in [6, 6.07) is 7.05. The molecule has 1 N–H and O–H groups in total. The van der Waals surface area contributed by atoms with Crippen molar-refractivity contribution in [1.29, 1.82) is 0 Å². The van der Waals surface area contributed by atoms with E-state index < -0.39 is 5.41 Å². The van der Waals surface area contributed by atoms with Gasteiger partial charge in [0.15, 0.2) is 12.4 Å². The second-order valence-electron chi connectivity index (χ2n) is 9.04. The molecule has 2 aliphatic rings. The fraction of sp³-hybridized carbons (Fsp3) is 0.565. The number of hydrogen-bond donors (Lipinski definition) is 1. The summed E-state index contributed by atoms with van der Waals surface area (Å²) < 4.78 is 16.3. The third kappa shape index (κ3) is 4.28. The molecule has 1 aromatic heterocycles. The largest absolute Gasteiger partial charge is 0.497 e. The van der Waals surface area contributed by atoms with Crippen molar-refractivity contribution in [2.75, 3.05) is 26.8 Å². The lowest BCUT2D eigenvalue weighted by Crippen LogP contribution is -2.41. The monoisotopic (exact) mass is 442 g/mol. The van der Waals surface area contributed by atoms with Crippen molar-refractivity contribution in [3.63, 3.8) is 0 Å². The van der Waals surface area contributed by atoms with E-state index in [9.17, 15) is 9.59 Å². The number of fused-ring (bicyclic) bond motifs is 1. The van der Waals surface area contributed by atoms with Crippen molar-refractivity contribution in [3.8, 4) is 11.5 Å². The van der Waals surface area contributed by atoms with Crippen molar-refractivity contribution in [1.82, 2.24) is 20.4 Å². The Morgan fingerprint density at radius 2 is 2.00 bits per heavy atom. The number of carbonyl (C=O) groups excluding carboxylic acids is 2. The second kappa shape index (κ2) is 8.80. The molecule has 2 heterocycles. The fourth-order valence-corrected chi connectivity index (χ4v) is 4.93. The van der Waals surface area contributed by atoms with Gasteiger partial charge < -0.3 is 24.2 Å². The fourth-order valence-electron chi connectivity index (χ4n) is 4.93. The second-order valence-corrected chi connectivity index (χ2v) is 9.04. The standard InChI is InChI=1S/C23H30N4O5/c1-14(2)21(29)27-11-16-9-17(10-23(16,13-27)22-24-15(3)26-32-22)25-20(28)12-31-19-7-5-18(30-4)6-8-19/h5-8,14,16-17H,9-13H2,1-4H3,(H,25,28)/t16-,17+,23-/m0/s1. The van der Waals surface area contributed by atoms with Gasteiger partial charge in [-0.25, -0.2) is 0 Å². The molecule has 1 aliphatic heterocycles.